The van der Waals surface area contributed by atoms with Gasteiger partial charge in [-0.2, -0.15) is 0 Å². The summed E-state index contributed by atoms with van der Waals surface area (Å²) in [4.78, 5) is 24.6. The summed E-state index contributed by atoms with van der Waals surface area (Å²) >= 11 is 3.13. The molecule has 6 nitrogen and oxygen atoms in total. The summed E-state index contributed by atoms with van der Waals surface area (Å²) < 4.78 is 6.22. The number of thioether (sulfide) groups is 1. The highest BCUT2D eigenvalue weighted by molar-refractivity contribution is 7.99. The van der Waals surface area contributed by atoms with Crippen LogP contribution in [0.25, 0.3) is 0 Å². The summed E-state index contributed by atoms with van der Waals surface area (Å²) in [6.45, 7) is 4.97. The van der Waals surface area contributed by atoms with Crippen LogP contribution in [0.15, 0.2) is 53.7 Å². The second-order valence-electron chi connectivity index (χ2n) is 7.90. The van der Waals surface area contributed by atoms with E-state index in [-0.39, 0.29) is 18.4 Å². The molecule has 1 N–H and O–H groups in total. The van der Waals surface area contributed by atoms with Crippen molar-refractivity contribution in [2.24, 2.45) is 0 Å². The van der Waals surface area contributed by atoms with E-state index >= 15 is 0 Å². The third-order valence-electron chi connectivity index (χ3n) is 4.53. The fourth-order valence-corrected chi connectivity index (χ4v) is 4.79. The van der Waals surface area contributed by atoms with Crippen molar-refractivity contribution in [3.8, 4) is 5.75 Å². The Morgan fingerprint density at radius 3 is 2.72 bits per heavy atom. The van der Waals surface area contributed by atoms with Crippen LogP contribution in [0.4, 0.5) is 5.13 Å². The quantitative estimate of drug-likeness (QED) is 0.410. The topological polar surface area (TPSA) is 67.3 Å². The molecule has 1 amide bonds. The zero-order chi connectivity index (χ0) is 22.9. The Morgan fingerprint density at radius 1 is 1.25 bits per heavy atom. The molecule has 170 valence electrons. The van der Waals surface area contributed by atoms with Crippen molar-refractivity contribution in [1.82, 2.24) is 14.9 Å². The second kappa shape index (κ2) is 12.0. The molecule has 0 saturated carbocycles. The third-order valence-corrected chi connectivity index (χ3v) is 6.25. The standard InChI is InChI=1S/C24H30N4O2S2/c1-17(12-19-8-6-5-7-9-19)30-21-13-20(26-23(15-21)31-11-10-28(3)4)14-22(29)27-24-25-16-18(2)32-24/h5-9,13,15-17H,10-12,14H2,1-4H3,(H,25,27,29)/t17-/m0/s1. The lowest BCUT2D eigenvalue weighted by Crippen LogP contribution is -2.17. The van der Waals surface area contributed by atoms with Crippen LogP contribution in [-0.4, -0.2) is 53.3 Å². The van der Waals surface area contributed by atoms with Gasteiger partial charge in [-0.25, -0.2) is 9.97 Å². The first-order valence-corrected chi connectivity index (χ1v) is 12.4. The Balaban J connectivity index is 1.70. The van der Waals surface area contributed by atoms with E-state index in [1.165, 1.54) is 16.9 Å². The fraction of sp³-hybridized carbons (Fsp3) is 0.375. The molecule has 0 saturated heterocycles. The van der Waals surface area contributed by atoms with E-state index in [1.54, 1.807) is 18.0 Å². The van der Waals surface area contributed by atoms with Crippen molar-refractivity contribution in [3.05, 3.63) is 64.8 Å². The molecule has 3 rings (SSSR count). The summed E-state index contributed by atoms with van der Waals surface area (Å²) in [5, 5.41) is 4.33. The molecule has 0 spiro atoms. The van der Waals surface area contributed by atoms with Crippen LogP contribution < -0.4 is 10.1 Å². The van der Waals surface area contributed by atoms with Crippen molar-refractivity contribution in [3.63, 3.8) is 0 Å². The molecule has 0 unspecified atom stereocenters. The number of pyridine rings is 1. The maximum Gasteiger partial charge on any atom is 0.232 e. The van der Waals surface area contributed by atoms with E-state index in [0.29, 0.717) is 10.8 Å². The molecular formula is C24H30N4O2S2. The van der Waals surface area contributed by atoms with Gasteiger partial charge >= 0.3 is 0 Å². The molecule has 2 aromatic heterocycles. The van der Waals surface area contributed by atoms with E-state index in [2.05, 4.69) is 48.4 Å². The van der Waals surface area contributed by atoms with Crippen LogP contribution in [0, 0.1) is 6.92 Å². The van der Waals surface area contributed by atoms with E-state index < -0.39 is 0 Å². The van der Waals surface area contributed by atoms with Crippen LogP contribution in [-0.2, 0) is 17.6 Å². The number of thiazole rings is 1. The van der Waals surface area contributed by atoms with Crippen molar-refractivity contribution in [1.29, 1.82) is 0 Å². The summed E-state index contributed by atoms with van der Waals surface area (Å²) in [6.07, 6.45) is 2.73. The first-order chi connectivity index (χ1) is 15.4. The van der Waals surface area contributed by atoms with Gasteiger partial charge in [-0.3, -0.25) is 4.79 Å². The summed E-state index contributed by atoms with van der Waals surface area (Å²) in [6, 6.07) is 14.1. The molecule has 0 bridgehead atoms. The van der Waals surface area contributed by atoms with Gasteiger partial charge < -0.3 is 15.0 Å². The first-order valence-electron chi connectivity index (χ1n) is 10.6. The number of ether oxygens (including phenoxy) is 1. The molecule has 0 aliphatic rings. The molecule has 0 radical (unpaired) electrons. The number of rotatable bonds is 11. The number of nitrogens with one attached hydrogen (secondary N) is 1. The number of carbonyl (C=O) groups excluding carboxylic acids is 1. The van der Waals surface area contributed by atoms with Crippen LogP contribution in [0.2, 0.25) is 0 Å². The number of anilines is 1. The predicted molar refractivity (Wildman–Crippen MR) is 133 cm³/mol. The Labute approximate surface area is 198 Å². The summed E-state index contributed by atoms with van der Waals surface area (Å²) in [5.74, 6) is 1.52. The van der Waals surface area contributed by atoms with Crippen LogP contribution >= 0.6 is 23.1 Å². The van der Waals surface area contributed by atoms with Gasteiger partial charge in [0, 0.05) is 41.9 Å². The molecule has 3 aromatic rings. The van der Waals surface area contributed by atoms with Gasteiger partial charge in [-0.05, 0) is 33.5 Å². The normalized spacial score (nSPS) is 12.0. The van der Waals surface area contributed by atoms with E-state index in [1.807, 2.05) is 37.3 Å². The van der Waals surface area contributed by atoms with Crippen molar-refractivity contribution in [2.75, 3.05) is 31.7 Å². The van der Waals surface area contributed by atoms with Gasteiger partial charge in [0.1, 0.15) is 10.8 Å². The Bertz CT molecular complexity index is 1010. The van der Waals surface area contributed by atoms with Crippen molar-refractivity contribution in [2.45, 2.75) is 37.8 Å². The van der Waals surface area contributed by atoms with Crippen molar-refractivity contribution < 1.29 is 9.53 Å². The second-order valence-corrected chi connectivity index (χ2v) is 10.3. The van der Waals surface area contributed by atoms with E-state index in [9.17, 15) is 4.79 Å². The van der Waals surface area contributed by atoms with Gasteiger partial charge in [-0.15, -0.1) is 23.1 Å². The molecule has 8 heteroatoms. The monoisotopic (exact) mass is 470 g/mol. The fourth-order valence-electron chi connectivity index (χ4n) is 3.06. The average Bonchev–Trinajstić information content (AvgIpc) is 3.12. The number of aromatic nitrogens is 2. The minimum atomic E-state index is -0.134. The maximum absolute atomic E-state index is 12.5. The average molecular weight is 471 g/mol. The molecular weight excluding hydrogens is 440 g/mol. The molecule has 1 aromatic carbocycles. The van der Waals surface area contributed by atoms with E-state index in [4.69, 9.17) is 9.72 Å². The number of hydrogen-bond donors (Lipinski definition) is 1. The van der Waals surface area contributed by atoms with Gasteiger partial charge in [0.15, 0.2) is 5.13 Å². The molecule has 0 aliphatic carbocycles. The molecule has 0 aliphatic heterocycles. The lowest BCUT2D eigenvalue weighted by atomic mass is 10.1. The van der Waals surface area contributed by atoms with E-state index in [0.717, 1.165) is 34.4 Å². The molecule has 32 heavy (non-hydrogen) atoms. The SMILES string of the molecule is Cc1cnc(NC(=O)Cc2cc(O[C@@H](C)Cc3ccccc3)cc(SCCN(C)C)n2)s1. The highest BCUT2D eigenvalue weighted by atomic mass is 32.2. The molecule has 2 heterocycles. The maximum atomic E-state index is 12.5. The predicted octanol–water partition coefficient (Wildman–Crippen LogP) is 4.69. The largest absolute Gasteiger partial charge is 0.490 e. The minimum Gasteiger partial charge on any atom is -0.490 e. The van der Waals surface area contributed by atoms with Crippen LogP contribution in [0.3, 0.4) is 0 Å². The summed E-state index contributed by atoms with van der Waals surface area (Å²) in [7, 11) is 4.10. The van der Waals surface area contributed by atoms with Gasteiger partial charge in [0.05, 0.1) is 18.2 Å². The van der Waals surface area contributed by atoms with Crippen molar-refractivity contribution >= 4 is 34.1 Å². The zero-order valence-electron chi connectivity index (χ0n) is 19.0. The Kier molecular flexibility index (Phi) is 9.08. The first kappa shape index (κ1) is 24.2. The minimum absolute atomic E-state index is 0.000560. The number of amides is 1. The van der Waals surface area contributed by atoms with Gasteiger partial charge in [0.2, 0.25) is 5.91 Å². The smallest absolute Gasteiger partial charge is 0.232 e. The highest BCUT2D eigenvalue weighted by Gasteiger charge is 2.13. The Morgan fingerprint density at radius 2 is 2.03 bits per heavy atom. The number of aryl methyl sites for hydroxylation is 1. The lowest BCUT2D eigenvalue weighted by molar-refractivity contribution is -0.115. The van der Waals surface area contributed by atoms with Gasteiger partial charge in [0.25, 0.3) is 0 Å². The number of hydrogen-bond acceptors (Lipinski definition) is 7. The zero-order valence-corrected chi connectivity index (χ0v) is 20.6. The third kappa shape index (κ3) is 8.26. The summed E-state index contributed by atoms with van der Waals surface area (Å²) in [5.41, 5.74) is 1.92. The molecule has 1 atom stereocenters. The van der Waals surface area contributed by atoms with Gasteiger partial charge in [-0.1, -0.05) is 30.3 Å². The number of carbonyl (C=O) groups is 1. The number of nitrogens with zero attached hydrogens (tertiary/aromatic N) is 3. The van der Waals surface area contributed by atoms with Crippen LogP contribution in [0.1, 0.15) is 23.1 Å². The number of benzene rings is 1. The van der Waals surface area contributed by atoms with Crippen LogP contribution in [0.5, 0.6) is 5.75 Å². The lowest BCUT2D eigenvalue weighted by Gasteiger charge is -2.17. The molecule has 0 fully saturated rings. The Hall–Kier alpha value is -2.42. The highest BCUT2D eigenvalue weighted by Crippen LogP contribution is 2.25.